The summed E-state index contributed by atoms with van der Waals surface area (Å²) in [5, 5.41) is 10.6. The molecule has 4 aromatic rings. The standard InChI is InChI=1S/C24H24N8O2/c1-26-13-16(12-25)21-14-29-20-5-6-23(31-24(20)30-21)32(15-22-27-7-4-8-28-22)17-9-18(33-2)11-19(10-17)34-3/h4-14,25-26H,15H2,1-3H3/b16-13+,25-12?. The summed E-state index contributed by atoms with van der Waals surface area (Å²) in [6.07, 6.45) is 7.93. The van der Waals surface area contributed by atoms with Crippen LogP contribution in [0.3, 0.4) is 0 Å². The van der Waals surface area contributed by atoms with Crippen LogP contribution >= 0.6 is 0 Å². The lowest BCUT2D eigenvalue weighted by atomic mass is 10.2. The van der Waals surface area contributed by atoms with E-state index in [1.807, 2.05) is 29.2 Å². The predicted molar refractivity (Wildman–Crippen MR) is 131 cm³/mol. The number of ether oxygens (including phenoxy) is 2. The molecule has 0 atom stereocenters. The van der Waals surface area contributed by atoms with Gasteiger partial charge in [-0.2, -0.15) is 0 Å². The zero-order valence-electron chi connectivity index (χ0n) is 19.1. The average molecular weight is 457 g/mol. The van der Waals surface area contributed by atoms with E-state index in [0.29, 0.717) is 52.1 Å². The Labute approximate surface area is 196 Å². The van der Waals surface area contributed by atoms with Gasteiger partial charge in [0.2, 0.25) is 0 Å². The summed E-state index contributed by atoms with van der Waals surface area (Å²) >= 11 is 0. The molecule has 0 spiro atoms. The third-order valence-electron chi connectivity index (χ3n) is 4.99. The molecule has 0 bridgehead atoms. The van der Waals surface area contributed by atoms with Gasteiger partial charge in [0.25, 0.3) is 0 Å². The molecule has 0 aliphatic rings. The van der Waals surface area contributed by atoms with Crippen LogP contribution in [0.4, 0.5) is 11.5 Å². The molecule has 4 rings (SSSR count). The average Bonchev–Trinajstić information content (AvgIpc) is 2.90. The molecule has 0 radical (unpaired) electrons. The number of anilines is 2. The number of pyridine rings is 1. The Hall–Kier alpha value is -4.60. The fourth-order valence-electron chi connectivity index (χ4n) is 3.33. The van der Waals surface area contributed by atoms with Crippen LogP contribution < -0.4 is 19.7 Å². The zero-order chi connectivity index (χ0) is 23.9. The van der Waals surface area contributed by atoms with Crippen molar-refractivity contribution in [1.82, 2.24) is 30.2 Å². The Balaban J connectivity index is 1.84. The van der Waals surface area contributed by atoms with E-state index >= 15 is 0 Å². The van der Waals surface area contributed by atoms with E-state index in [9.17, 15) is 0 Å². The smallest absolute Gasteiger partial charge is 0.180 e. The minimum absolute atomic E-state index is 0.355. The molecule has 34 heavy (non-hydrogen) atoms. The normalized spacial score (nSPS) is 11.2. The predicted octanol–water partition coefficient (Wildman–Crippen LogP) is 3.38. The molecule has 10 heteroatoms. The van der Waals surface area contributed by atoms with Crippen LogP contribution in [0.1, 0.15) is 11.5 Å². The summed E-state index contributed by atoms with van der Waals surface area (Å²) in [4.78, 5) is 24.6. The summed E-state index contributed by atoms with van der Waals surface area (Å²) in [5.74, 6) is 2.53. The van der Waals surface area contributed by atoms with Crippen LogP contribution in [-0.4, -0.2) is 52.4 Å². The maximum atomic E-state index is 7.67. The van der Waals surface area contributed by atoms with Crippen molar-refractivity contribution in [3.05, 3.63) is 72.7 Å². The largest absolute Gasteiger partial charge is 0.497 e. The molecule has 0 aliphatic carbocycles. The van der Waals surface area contributed by atoms with Crippen LogP contribution in [-0.2, 0) is 6.54 Å². The lowest BCUT2D eigenvalue weighted by molar-refractivity contribution is 0.394. The minimum Gasteiger partial charge on any atom is -0.497 e. The van der Waals surface area contributed by atoms with Crippen molar-refractivity contribution in [1.29, 1.82) is 5.41 Å². The molecule has 0 aliphatic heterocycles. The van der Waals surface area contributed by atoms with E-state index in [-0.39, 0.29) is 0 Å². The van der Waals surface area contributed by atoms with Gasteiger partial charge in [-0.15, -0.1) is 0 Å². The van der Waals surface area contributed by atoms with Crippen molar-refractivity contribution >= 4 is 34.5 Å². The number of nitrogens with zero attached hydrogens (tertiary/aromatic N) is 6. The van der Waals surface area contributed by atoms with E-state index in [4.69, 9.17) is 19.9 Å². The third kappa shape index (κ3) is 4.90. The molecule has 172 valence electrons. The summed E-state index contributed by atoms with van der Waals surface area (Å²) in [6.45, 7) is 0.355. The molecule has 0 saturated heterocycles. The van der Waals surface area contributed by atoms with Gasteiger partial charge in [0.05, 0.1) is 38.3 Å². The van der Waals surface area contributed by atoms with E-state index in [2.05, 4.69) is 25.3 Å². The molecule has 0 saturated carbocycles. The Morgan fingerprint density at radius 2 is 1.76 bits per heavy atom. The van der Waals surface area contributed by atoms with E-state index < -0.39 is 0 Å². The van der Waals surface area contributed by atoms with Crippen molar-refractivity contribution in [2.24, 2.45) is 0 Å². The molecule has 0 unspecified atom stereocenters. The van der Waals surface area contributed by atoms with Gasteiger partial charge in [0.1, 0.15) is 28.7 Å². The number of benzene rings is 1. The number of fused-ring (bicyclic) bond motifs is 1. The third-order valence-corrected chi connectivity index (χ3v) is 4.99. The second-order valence-electron chi connectivity index (χ2n) is 7.12. The van der Waals surface area contributed by atoms with Gasteiger partial charge in [-0.25, -0.2) is 19.9 Å². The maximum absolute atomic E-state index is 7.67. The first-order valence-corrected chi connectivity index (χ1v) is 10.4. The van der Waals surface area contributed by atoms with E-state index in [1.165, 1.54) is 6.21 Å². The van der Waals surface area contributed by atoms with Gasteiger partial charge >= 0.3 is 0 Å². The number of rotatable bonds is 9. The number of hydrogen-bond donors (Lipinski definition) is 2. The summed E-state index contributed by atoms with van der Waals surface area (Å²) in [6, 6.07) is 11.1. The van der Waals surface area contributed by atoms with Crippen LogP contribution in [0.15, 0.2) is 61.2 Å². The molecule has 0 amide bonds. The SMILES string of the molecule is CN/C=C(\C=N)c1cnc2ccc(N(Cc3ncccn3)c3cc(OC)cc(OC)c3)nc2n1. The Morgan fingerprint density at radius 1 is 1.03 bits per heavy atom. The van der Waals surface area contributed by atoms with Crippen molar-refractivity contribution < 1.29 is 9.47 Å². The fraction of sp³-hybridized carbons (Fsp3) is 0.167. The van der Waals surface area contributed by atoms with Crippen molar-refractivity contribution in [2.45, 2.75) is 6.54 Å². The first kappa shape index (κ1) is 22.6. The van der Waals surface area contributed by atoms with Crippen molar-refractivity contribution in [3.63, 3.8) is 0 Å². The summed E-state index contributed by atoms with van der Waals surface area (Å²) in [5.41, 5.74) is 3.02. The van der Waals surface area contributed by atoms with Gasteiger partial charge < -0.3 is 25.1 Å². The first-order valence-electron chi connectivity index (χ1n) is 10.4. The second kappa shape index (κ2) is 10.3. The maximum Gasteiger partial charge on any atom is 0.180 e. The summed E-state index contributed by atoms with van der Waals surface area (Å²) in [7, 11) is 4.97. The van der Waals surface area contributed by atoms with Gasteiger partial charge in [0.15, 0.2) is 5.65 Å². The Kier molecular flexibility index (Phi) is 6.87. The summed E-state index contributed by atoms with van der Waals surface area (Å²) < 4.78 is 10.9. The highest BCUT2D eigenvalue weighted by Crippen LogP contribution is 2.33. The highest BCUT2D eigenvalue weighted by Gasteiger charge is 2.17. The second-order valence-corrected chi connectivity index (χ2v) is 7.12. The van der Waals surface area contributed by atoms with Gasteiger partial charge in [0, 0.05) is 55.6 Å². The number of nitrogens with one attached hydrogen (secondary N) is 2. The number of methoxy groups -OCH3 is 2. The van der Waals surface area contributed by atoms with Gasteiger partial charge in [-0.1, -0.05) is 0 Å². The van der Waals surface area contributed by atoms with E-state index in [1.54, 1.807) is 58.2 Å². The molecule has 0 fully saturated rings. The molecule has 3 aromatic heterocycles. The topological polar surface area (TPSA) is 122 Å². The number of allylic oxidation sites excluding steroid dienone is 1. The van der Waals surface area contributed by atoms with Gasteiger partial charge in [-0.3, -0.25) is 4.98 Å². The molecular formula is C24H24N8O2. The van der Waals surface area contributed by atoms with Crippen LogP contribution in [0.2, 0.25) is 0 Å². The molecule has 1 aromatic carbocycles. The Bertz CT molecular complexity index is 1310. The molecule has 3 heterocycles. The highest BCUT2D eigenvalue weighted by atomic mass is 16.5. The first-order chi connectivity index (χ1) is 16.6. The van der Waals surface area contributed by atoms with Crippen molar-refractivity contribution in [3.8, 4) is 11.5 Å². The molecule has 2 N–H and O–H groups in total. The lowest BCUT2D eigenvalue weighted by Gasteiger charge is -2.24. The van der Waals surface area contributed by atoms with Crippen molar-refractivity contribution in [2.75, 3.05) is 26.2 Å². The molecular weight excluding hydrogens is 432 g/mol. The monoisotopic (exact) mass is 456 g/mol. The van der Waals surface area contributed by atoms with Crippen LogP contribution in [0.25, 0.3) is 16.7 Å². The van der Waals surface area contributed by atoms with Crippen LogP contribution in [0, 0.1) is 5.41 Å². The van der Waals surface area contributed by atoms with E-state index in [0.717, 1.165) is 5.69 Å². The number of hydrogen-bond acceptors (Lipinski definition) is 10. The highest BCUT2D eigenvalue weighted by molar-refractivity contribution is 6.07. The quantitative estimate of drug-likeness (QED) is 0.365. The van der Waals surface area contributed by atoms with Gasteiger partial charge in [-0.05, 0) is 18.2 Å². The zero-order valence-corrected chi connectivity index (χ0v) is 19.1. The number of aromatic nitrogens is 5. The molecule has 10 nitrogen and oxygen atoms in total. The fourth-order valence-corrected chi connectivity index (χ4v) is 3.33. The lowest BCUT2D eigenvalue weighted by Crippen LogP contribution is -2.19. The minimum atomic E-state index is 0.355. The van der Waals surface area contributed by atoms with Crippen LogP contribution in [0.5, 0.6) is 11.5 Å². The Morgan fingerprint density at radius 3 is 2.41 bits per heavy atom.